The Labute approximate surface area is 195 Å². The van der Waals surface area contributed by atoms with Crippen molar-refractivity contribution in [1.82, 2.24) is 9.80 Å². The van der Waals surface area contributed by atoms with E-state index in [4.69, 9.17) is 4.74 Å². The van der Waals surface area contributed by atoms with Gasteiger partial charge < -0.3 is 19.6 Å². The van der Waals surface area contributed by atoms with Gasteiger partial charge in [0.2, 0.25) is 5.91 Å². The van der Waals surface area contributed by atoms with Crippen molar-refractivity contribution in [1.29, 1.82) is 0 Å². The van der Waals surface area contributed by atoms with Crippen LogP contribution < -0.4 is 0 Å². The Balaban J connectivity index is 2.18. The molecule has 1 N–H and O–H groups in total. The van der Waals surface area contributed by atoms with Gasteiger partial charge in [0.05, 0.1) is 18.1 Å². The standard InChI is InChI=1S/C24H37BrN2O4/c1-4-7-17-31-23(29)27-15-13-26(14-16-27)22(28)21(19-9-8-10-20(25)18-19)24(30,11-5-2)12-6-3/h8-10,18,21,30H,4-7,11-17H2,1-3H3. The van der Waals surface area contributed by atoms with E-state index in [2.05, 4.69) is 22.9 Å². The first kappa shape index (κ1) is 25.7. The first-order chi connectivity index (χ1) is 14.9. The molecular weight excluding hydrogens is 460 g/mol. The summed E-state index contributed by atoms with van der Waals surface area (Å²) in [7, 11) is 0. The molecule has 1 aliphatic heterocycles. The Morgan fingerprint density at radius 3 is 2.23 bits per heavy atom. The summed E-state index contributed by atoms with van der Waals surface area (Å²) in [5, 5.41) is 11.6. The van der Waals surface area contributed by atoms with E-state index in [-0.39, 0.29) is 12.0 Å². The van der Waals surface area contributed by atoms with E-state index in [0.29, 0.717) is 45.6 Å². The average molecular weight is 497 g/mol. The van der Waals surface area contributed by atoms with Crippen LogP contribution in [0, 0.1) is 0 Å². The number of hydrogen-bond donors (Lipinski definition) is 1. The van der Waals surface area contributed by atoms with Gasteiger partial charge >= 0.3 is 6.09 Å². The topological polar surface area (TPSA) is 70.1 Å². The van der Waals surface area contributed by atoms with Gasteiger partial charge in [-0.15, -0.1) is 0 Å². The molecule has 0 spiro atoms. The first-order valence-corrected chi connectivity index (χ1v) is 12.3. The Bertz CT molecular complexity index is 713. The minimum absolute atomic E-state index is 0.0681. The molecule has 1 aromatic rings. The number of rotatable bonds is 10. The number of unbranched alkanes of at least 4 members (excludes halogenated alkanes) is 1. The van der Waals surface area contributed by atoms with E-state index < -0.39 is 11.5 Å². The molecule has 1 unspecified atom stereocenters. The highest BCUT2D eigenvalue weighted by Gasteiger charge is 2.43. The molecule has 1 heterocycles. The van der Waals surface area contributed by atoms with Gasteiger partial charge in [0.1, 0.15) is 0 Å². The molecule has 0 aliphatic carbocycles. The maximum Gasteiger partial charge on any atom is 0.409 e. The van der Waals surface area contributed by atoms with E-state index in [0.717, 1.165) is 35.7 Å². The number of piperazine rings is 1. The van der Waals surface area contributed by atoms with Crippen molar-refractivity contribution in [3.05, 3.63) is 34.3 Å². The van der Waals surface area contributed by atoms with Crippen molar-refractivity contribution in [2.45, 2.75) is 70.8 Å². The van der Waals surface area contributed by atoms with Crippen LogP contribution in [0.2, 0.25) is 0 Å². The lowest BCUT2D eigenvalue weighted by molar-refractivity contribution is -0.142. The number of aliphatic hydroxyl groups is 1. The molecule has 1 saturated heterocycles. The van der Waals surface area contributed by atoms with Crippen LogP contribution in [-0.2, 0) is 9.53 Å². The number of amides is 2. The fourth-order valence-corrected chi connectivity index (χ4v) is 4.75. The minimum atomic E-state index is -1.10. The third-order valence-corrected chi connectivity index (χ3v) is 6.40. The molecule has 1 aliphatic rings. The molecule has 1 atom stereocenters. The largest absolute Gasteiger partial charge is 0.449 e. The van der Waals surface area contributed by atoms with Crippen LogP contribution in [-0.4, -0.2) is 65.3 Å². The third kappa shape index (κ3) is 6.94. The molecule has 6 nitrogen and oxygen atoms in total. The maximum atomic E-state index is 13.7. The van der Waals surface area contributed by atoms with Gasteiger partial charge in [0.25, 0.3) is 0 Å². The summed E-state index contributed by atoms with van der Waals surface area (Å²) in [4.78, 5) is 29.4. The maximum absolute atomic E-state index is 13.7. The molecule has 2 rings (SSSR count). The van der Waals surface area contributed by atoms with Gasteiger partial charge in [-0.25, -0.2) is 4.79 Å². The van der Waals surface area contributed by atoms with Crippen molar-refractivity contribution < 1.29 is 19.4 Å². The summed E-state index contributed by atoms with van der Waals surface area (Å²) in [6.45, 7) is 8.33. The number of carbonyl (C=O) groups is 2. The SMILES string of the molecule is CCCCOC(=O)N1CCN(C(=O)C(c2cccc(Br)c2)C(O)(CCC)CCC)CC1. The Hall–Kier alpha value is -1.60. The molecule has 0 saturated carbocycles. The van der Waals surface area contributed by atoms with Crippen molar-refractivity contribution in [3.8, 4) is 0 Å². The molecule has 0 aromatic heterocycles. The van der Waals surface area contributed by atoms with E-state index in [9.17, 15) is 14.7 Å². The van der Waals surface area contributed by atoms with Crippen LogP contribution >= 0.6 is 15.9 Å². The molecule has 2 amide bonds. The van der Waals surface area contributed by atoms with Crippen LogP contribution in [0.5, 0.6) is 0 Å². The summed E-state index contributed by atoms with van der Waals surface area (Å²) in [5.41, 5.74) is -0.275. The number of carbonyl (C=O) groups excluding carboxylic acids is 2. The molecule has 174 valence electrons. The highest BCUT2D eigenvalue weighted by atomic mass is 79.9. The molecule has 0 radical (unpaired) electrons. The predicted octanol–water partition coefficient (Wildman–Crippen LogP) is 4.94. The number of nitrogens with zero attached hydrogens (tertiary/aromatic N) is 2. The lowest BCUT2D eigenvalue weighted by Gasteiger charge is -2.41. The van der Waals surface area contributed by atoms with Gasteiger partial charge in [0.15, 0.2) is 0 Å². The van der Waals surface area contributed by atoms with E-state index in [1.54, 1.807) is 9.80 Å². The molecule has 0 bridgehead atoms. The van der Waals surface area contributed by atoms with E-state index in [1.807, 2.05) is 38.1 Å². The summed E-state index contributed by atoms with van der Waals surface area (Å²) in [6, 6.07) is 7.68. The van der Waals surface area contributed by atoms with E-state index >= 15 is 0 Å². The second-order valence-corrected chi connectivity index (χ2v) is 9.29. The molecule has 31 heavy (non-hydrogen) atoms. The lowest BCUT2D eigenvalue weighted by atomic mass is 9.75. The Morgan fingerprint density at radius 2 is 1.68 bits per heavy atom. The van der Waals surface area contributed by atoms with Crippen molar-refractivity contribution >= 4 is 27.9 Å². The first-order valence-electron chi connectivity index (χ1n) is 11.5. The number of benzene rings is 1. The number of halogens is 1. The normalized spacial score (nSPS) is 15.6. The third-order valence-electron chi connectivity index (χ3n) is 5.91. The fourth-order valence-electron chi connectivity index (χ4n) is 4.34. The Morgan fingerprint density at radius 1 is 1.06 bits per heavy atom. The predicted molar refractivity (Wildman–Crippen MR) is 126 cm³/mol. The lowest BCUT2D eigenvalue weighted by Crippen LogP contribution is -2.54. The van der Waals surface area contributed by atoms with Gasteiger partial charge in [0, 0.05) is 30.7 Å². The second-order valence-electron chi connectivity index (χ2n) is 8.37. The van der Waals surface area contributed by atoms with Gasteiger partial charge in [-0.3, -0.25) is 4.79 Å². The highest BCUT2D eigenvalue weighted by Crippen LogP contribution is 2.38. The van der Waals surface area contributed by atoms with Gasteiger partial charge in [-0.05, 0) is 37.0 Å². The minimum Gasteiger partial charge on any atom is -0.449 e. The molecular formula is C24H37BrN2O4. The zero-order chi connectivity index (χ0) is 22.9. The van der Waals surface area contributed by atoms with E-state index in [1.165, 1.54) is 0 Å². The average Bonchev–Trinajstić information content (AvgIpc) is 2.74. The van der Waals surface area contributed by atoms with Gasteiger partial charge in [-0.2, -0.15) is 0 Å². The number of hydrogen-bond acceptors (Lipinski definition) is 4. The molecule has 7 heteroatoms. The summed E-state index contributed by atoms with van der Waals surface area (Å²) >= 11 is 3.51. The highest BCUT2D eigenvalue weighted by molar-refractivity contribution is 9.10. The van der Waals surface area contributed by atoms with Crippen LogP contribution in [0.4, 0.5) is 4.79 Å². The monoisotopic (exact) mass is 496 g/mol. The molecule has 1 aromatic carbocycles. The zero-order valence-corrected chi connectivity index (χ0v) is 20.7. The second kappa shape index (κ2) is 12.4. The van der Waals surface area contributed by atoms with Crippen molar-refractivity contribution in [2.75, 3.05) is 32.8 Å². The van der Waals surface area contributed by atoms with Gasteiger partial charge in [-0.1, -0.05) is 68.1 Å². The smallest absolute Gasteiger partial charge is 0.409 e. The van der Waals surface area contributed by atoms with Crippen LogP contribution in [0.1, 0.15) is 70.8 Å². The van der Waals surface area contributed by atoms with Crippen LogP contribution in [0.25, 0.3) is 0 Å². The summed E-state index contributed by atoms with van der Waals surface area (Å²) < 4.78 is 6.19. The Kier molecular flexibility index (Phi) is 10.3. The molecule has 1 fully saturated rings. The fraction of sp³-hybridized carbons (Fsp3) is 0.667. The van der Waals surface area contributed by atoms with Crippen molar-refractivity contribution in [2.24, 2.45) is 0 Å². The quantitative estimate of drug-likeness (QED) is 0.465. The van der Waals surface area contributed by atoms with Crippen LogP contribution in [0.15, 0.2) is 28.7 Å². The summed E-state index contributed by atoms with van der Waals surface area (Å²) in [5.74, 6) is -0.700. The van der Waals surface area contributed by atoms with Crippen molar-refractivity contribution in [3.63, 3.8) is 0 Å². The van der Waals surface area contributed by atoms with Crippen LogP contribution in [0.3, 0.4) is 0 Å². The number of ether oxygens (including phenoxy) is 1. The summed E-state index contributed by atoms with van der Waals surface area (Å²) in [6.07, 6.45) is 4.24. The zero-order valence-electron chi connectivity index (χ0n) is 19.1.